The molecular weight excluding hydrogens is 276 g/mol. The number of carbonyl (C=O) groups excluding carboxylic acids is 2. The predicted octanol–water partition coefficient (Wildman–Crippen LogP) is -1.73. The zero-order valence-electron chi connectivity index (χ0n) is 13.1. The largest absolute Gasteiger partial charge is 0.456 e. The number of rotatable bonds is 1. The molecule has 0 aliphatic carbocycles. The Labute approximate surface area is 125 Å². The SMILES string of the molecule is CCOC(=O)C#CN(C)C.CN(C)C1=NNC(=O)C1.NN. The zero-order chi connectivity index (χ0) is 16.8. The first kappa shape index (κ1) is 21.0. The molecule has 0 radical (unpaired) electrons. The Morgan fingerprint density at radius 2 is 1.95 bits per heavy atom. The molecule has 0 spiro atoms. The van der Waals surface area contributed by atoms with Gasteiger partial charge in [-0.1, -0.05) is 0 Å². The first-order chi connectivity index (χ1) is 9.86. The van der Waals surface area contributed by atoms with Crippen molar-refractivity contribution in [3.05, 3.63) is 0 Å². The van der Waals surface area contributed by atoms with Crippen molar-refractivity contribution in [1.29, 1.82) is 0 Å². The van der Waals surface area contributed by atoms with Crippen molar-refractivity contribution >= 4 is 17.7 Å². The molecular formula is C12H24N6O3. The fraction of sp³-hybridized carbons (Fsp3) is 0.583. The second-order valence-electron chi connectivity index (χ2n) is 3.99. The van der Waals surface area contributed by atoms with Crippen LogP contribution < -0.4 is 17.1 Å². The standard InChI is InChI=1S/C7H11NO2.C5H9N3O.H4N2/c1-4-10-7(9)5-6-8(2)3;1-8(2)4-3-5(9)7-6-4;1-2/h4H2,1-3H3;3H2,1-2H3,(H,7,9);1-2H2. The highest BCUT2D eigenvalue weighted by atomic mass is 16.5. The summed E-state index contributed by atoms with van der Waals surface area (Å²) < 4.78 is 4.55. The number of nitrogens with one attached hydrogen (secondary N) is 1. The molecule has 120 valence electrons. The maximum absolute atomic E-state index is 10.5. The van der Waals surface area contributed by atoms with Gasteiger partial charge in [-0.3, -0.25) is 16.5 Å². The van der Waals surface area contributed by atoms with Gasteiger partial charge in [0, 0.05) is 40.2 Å². The van der Waals surface area contributed by atoms with Crippen molar-refractivity contribution in [3.63, 3.8) is 0 Å². The fourth-order valence-corrected chi connectivity index (χ4v) is 0.932. The van der Waals surface area contributed by atoms with Crippen LogP contribution >= 0.6 is 0 Å². The third-order valence-corrected chi connectivity index (χ3v) is 1.80. The predicted molar refractivity (Wildman–Crippen MR) is 80.4 cm³/mol. The third kappa shape index (κ3) is 12.5. The van der Waals surface area contributed by atoms with E-state index >= 15 is 0 Å². The van der Waals surface area contributed by atoms with Crippen molar-refractivity contribution in [2.75, 3.05) is 34.8 Å². The van der Waals surface area contributed by atoms with E-state index in [9.17, 15) is 9.59 Å². The van der Waals surface area contributed by atoms with Gasteiger partial charge in [0.25, 0.3) is 0 Å². The normalized spacial score (nSPS) is 11.2. The van der Waals surface area contributed by atoms with Crippen LogP contribution in [0.2, 0.25) is 0 Å². The van der Waals surface area contributed by atoms with Crippen LogP contribution in [-0.4, -0.2) is 62.3 Å². The van der Waals surface area contributed by atoms with Crippen LogP contribution in [0.5, 0.6) is 0 Å². The molecule has 1 amide bonds. The maximum Gasteiger partial charge on any atom is 0.386 e. The smallest absolute Gasteiger partial charge is 0.386 e. The van der Waals surface area contributed by atoms with E-state index in [1.54, 1.807) is 25.9 Å². The molecule has 9 heteroatoms. The van der Waals surface area contributed by atoms with Crippen molar-refractivity contribution in [2.24, 2.45) is 16.8 Å². The number of nitrogens with two attached hydrogens (primary N) is 2. The van der Waals surface area contributed by atoms with Gasteiger partial charge in [-0.15, -0.1) is 0 Å². The highest BCUT2D eigenvalue weighted by Crippen LogP contribution is 1.96. The number of hydrogen-bond acceptors (Lipinski definition) is 8. The monoisotopic (exact) mass is 300 g/mol. The summed E-state index contributed by atoms with van der Waals surface area (Å²) >= 11 is 0. The van der Waals surface area contributed by atoms with Crippen LogP contribution in [0.1, 0.15) is 13.3 Å². The highest BCUT2D eigenvalue weighted by molar-refractivity contribution is 6.03. The summed E-state index contributed by atoms with van der Waals surface area (Å²) in [6, 6.07) is 2.54. The van der Waals surface area contributed by atoms with Gasteiger partial charge >= 0.3 is 5.97 Å². The van der Waals surface area contributed by atoms with E-state index in [-0.39, 0.29) is 5.91 Å². The van der Waals surface area contributed by atoms with Gasteiger partial charge < -0.3 is 14.5 Å². The number of hydrazone groups is 1. The van der Waals surface area contributed by atoms with Gasteiger partial charge in [-0.25, -0.2) is 10.2 Å². The fourth-order valence-electron chi connectivity index (χ4n) is 0.932. The number of nitrogens with zero attached hydrogens (tertiary/aromatic N) is 3. The lowest BCUT2D eigenvalue weighted by molar-refractivity contribution is -0.136. The summed E-state index contributed by atoms with van der Waals surface area (Å²) in [5, 5.41) is 3.76. The van der Waals surface area contributed by atoms with Crippen LogP contribution in [0.4, 0.5) is 0 Å². The molecule has 0 saturated carbocycles. The number of ether oxygens (including phenoxy) is 1. The van der Waals surface area contributed by atoms with Gasteiger partial charge in [0.05, 0.1) is 13.0 Å². The van der Waals surface area contributed by atoms with Crippen molar-refractivity contribution in [3.8, 4) is 12.0 Å². The van der Waals surface area contributed by atoms with E-state index in [0.29, 0.717) is 13.0 Å². The number of hydrogen-bond donors (Lipinski definition) is 3. The molecule has 0 bridgehead atoms. The average molecular weight is 300 g/mol. The number of amides is 1. The van der Waals surface area contributed by atoms with Gasteiger partial charge in [-0.05, 0) is 6.92 Å². The lowest BCUT2D eigenvalue weighted by Crippen LogP contribution is -2.20. The van der Waals surface area contributed by atoms with Crippen LogP contribution in [0.3, 0.4) is 0 Å². The lowest BCUT2D eigenvalue weighted by atomic mass is 10.4. The molecule has 1 rings (SSSR count). The Hall–Kier alpha value is -2.31. The van der Waals surface area contributed by atoms with E-state index in [4.69, 9.17) is 0 Å². The topological polar surface area (TPSA) is 126 Å². The van der Waals surface area contributed by atoms with E-state index in [1.165, 1.54) is 0 Å². The lowest BCUT2D eigenvalue weighted by Gasteiger charge is -2.07. The van der Waals surface area contributed by atoms with E-state index < -0.39 is 5.97 Å². The molecule has 0 aromatic carbocycles. The van der Waals surface area contributed by atoms with Gasteiger partial charge in [-0.2, -0.15) is 5.10 Å². The van der Waals surface area contributed by atoms with E-state index in [2.05, 4.69) is 38.9 Å². The Bertz CT molecular complexity index is 409. The van der Waals surface area contributed by atoms with Crippen molar-refractivity contribution in [2.45, 2.75) is 13.3 Å². The molecule has 21 heavy (non-hydrogen) atoms. The summed E-state index contributed by atoms with van der Waals surface area (Å²) in [5.74, 6) is 10.6. The Morgan fingerprint density at radius 1 is 1.38 bits per heavy atom. The number of amidine groups is 1. The summed E-state index contributed by atoms with van der Waals surface area (Å²) in [5.41, 5.74) is 2.36. The Morgan fingerprint density at radius 3 is 2.24 bits per heavy atom. The van der Waals surface area contributed by atoms with Crippen molar-refractivity contribution < 1.29 is 14.3 Å². The first-order valence-electron chi connectivity index (χ1n) is 6.08. The summed E-state index contributed by atoms with van der Waals surface area (Å²) in [6.45, 7) is 2.12. The number of carbonyl (C=O) groups is 2. The van der Waals surface area contributed by atoms with E-state index in [0.717, 1.165) is 5.84 Å². The summed E-state index contributed by atoms with van der Waals surface area (Å²) in [4.78, 5) is 24.4. The average Bonchev–Trinajstić information content (AvgIpc) is 2.87. The molecule has 1 aliphatic rings. The van der Waals surface area contributed by atoms with E-state index in [1.807, 2.05) is 19.0 Å². The molecule has 1 heterocycles. The maximum atomic E-state index is 10.5. The van der Waals surface area contributed by atoms with Crippen LogP contribution in [0.15, 0.2) is 5.10 Å². The van der Waals surface area contributed by atoms with Gasteiger partial charge in [0.15, 0.2) is 0 Å². The minimum absolute atomic E-state index is 0.0290. The molecule has 0 fully saturated rings. The first-order valence-corrected chi connectivity index (χ1v) is 6.08. The van der Waals surface area contributed by atoms with Crippen LogP contribution in [0, 0.1) is 12.0 Å². The number of hydrazine groups is 1. The number of esters is 1. The molecule has 0 saturated heterocycles. The minimum atomic E-state index is -0.476. The second kappa shape index (κ2) is 12.7. The Kier molecular flexibility index (Phi) is 12.7. The summed E-state index contributed by atoms with van der Waals surface area (Å²) in [6.07, 6.45) is 0.410. The van der Waals surface area contributed by atoms with Gasteiger partial charge in [0.2, 0.25) is 5.91 Å². The molecule has 0 aromatic heterocycles. The van der Waals surface area contributed by atoms with Crippen LogP contribution in [0.25, 0.3) is 0 Å². The summed E-state index contributed by atoms with van der Waals surface area (Å²) in [7, 11) is 7.23. The van der Waals surface area contributed by atoms with Gasteiger partial charge in [0.1, 0.15) is 5.84 Å². The molecule has 0 aromatic rings. The molecule has 0 atom stereocenters. The minimum Gasteiger partial charge on any atom is -0.456 e. The highest BCUT2D eigenvalue weighted by Gasteiger charge is 2.14. The molecule has 5 N–H and O–H groups in total. The Balaban J connectivity index is 0. The molecule has 9 nitrogen and oxygen atoms in total. The van der Waals surface area contributed by atoms with Crippen molar-refractivity contribution in [1.82, 2.24) is 15.2 Å². The molecule has 0 unspecified atom stereocenters. The zero-order valence-corrected chi connectivity index (χ0v) is 13.1. The van der Waals surface area contributed by atoms with Crippen LogP contribution in [-0.2, 0) is 14.3 Å². The second-order valence-corrected chi connectivity index (χ2v) is 3.99. The molecule has 1 aliphatic heterocycles. The quantitative estimate of drug-likeness (QED) is 0.173. The third-order valence-electron chi connectivity index (χ3n) is 1.80.